The van der Waals surface area contributed by atoms with Gasteiger partial charge in [0.25, 0.3) is 0 Å². The van der Waals surface area contributed by atoms with E-state index in [1.165, 1.54) is 7.05 Å². The van der Waals surface area contributed by atoms with Crippen LogP contribution in [0, 0.1) is 0 Å². The summed E-state index contributed by atoms with van der Waals surface area (Å²) in [5.41, 5.74) is 0. The van der Waals surface area contributed by atoms with E-state index in [0.29, 0.717) is 6.61 Å². The predicted molar refractivity (Wildman–Crippen MR) is 44.0 cm³/mol. The summed E-state index contributed by atoms with van der Waals surface area (Å²) in [4.78, 5) is 0. The molecule has 0 aromatic carbocycles. The van der Waals surface area contributed by atoms with Crippen LogP contribution in [0.15, 0.2) is 0 Å². The molecule has 1 N–H and O–H groups in total. The molecule has 0 saturated carbocycles. The predicted octanol–water partition coefficient (Wildman–Crippen LogP) is -0.0378. The third-order valence-electron chi connectivity index (χ3n) is 1.16. The van der Waals surface area contributed by atoms with Crippen molar-refractivity contribution in [1.29, 1.82) is 0 Å². The summed E-state index contributed by atoms with van der Waals surface area (Å²) in [5, 5.41) is 0. The Kier molecular flexibility index (Phi) is 5.45. The molecule has 68 valence electrons. The minimum atomic E-state index is -3.07. The largest absolute Gasteiger partial charge is 0.380 e. The Labute approximate surface area is 68.0 Å². The SMILES string of the molecule is CCCOCCS(=O)(=O)NC. The first-order valence-corrected chi connectivity index (χ1v) is 5.26. The van der Waals surface area contributed by atoms with Crippen LogP contribution in [0.2, 0.25) is 0 Å². The van der Waals surface area contributed by atoms with Gasteiger partial charge in [0.1, 0.15) is 0 Å². The molecule has 0 saturated heterocycles. The van der Waals surface area contributed by atoms with Crippen molar-refractivity contribution in [3.8, 4) is 0 Å². The second-order valence-electron chi connectivity index (χ2n) is 2.14. The molecule has 0 aliphatic carbocycles. The highest BCUT2D eigenvalue weighted by atomic mass is 32.2. The molecule has 0 aliphatic heterocycles. The minimum absolute atomic E-state index is 0.0451. The van der Waals surface area contributed by atoms with Gasteiger partial charge in [0.15, 0.2) is 0 Å². The summed E-state index contributed by atoms with van der Waals surface area (Å²) in [6.45, 7) is 2.88. The summed E-state index contributed by atoms with van der Waals surface area (Å²) in [6.07, 6.45) is 0.916. The molecular formula is C6H15NO3S. The van der Waals surface area contributed by atoms with Gasteiger partial charge in [-0.05, 0) is 13.5 Å². The molecule has 5 heteroatoms. The van der Waals surface area contributed by atoms with E-state index >= 15 is 0 Å². The van der Waals surface area contributed by atoms with Gasteiger partial charge < -0.3 is 4.74 Å². The Morgan fingerprint density at radius 1 is 1.36 bits per heavy atom. The van der Waals surface area contributed by atoms with Gasteiger partial charge in [-0.1, -0.05) is 6.92 Å². The van der Waals surface area contributed by atoms with Crippen molar-refractivity contribution in [3.63, 3.8) is 0 Å². The van der Waals surface area contributed by atoms with Crippen LogP contribution in [0.3, 0.4) is 0 Å². The summed E-state index contributed by atoms with van der Waals surface area (Å²) in [5.74, 6) is 0.0451. The molecule has 0 aromatic heterocycles. The normalized spacial score (nSPS) is 11.8. The molecule has 0 amide bonds. The summed E-state index contributed by atoms with van der Waals surface area (Å²) in [6, 6.07) is 0. The van der Waals surface area contributed by atoms with Crippen LogP contribution in [0.4, 0.5) is 0 Å². The van der Waals surface area contributed by atoms with Gasteiger partial charge in [-0.3, -0.25) is 0 Å². The van der Waals surface area contributed by atoms with Crippen molar-refractivity contribution in [2.24, 2.45) is 0 Å². The quantitative estimate of drug-likeness (QED) is 0.585. The maximum absolute atomic E-state index is 10.8. The first-order valence-electron chi connectivity index (χ1n) is 3.61. The minimum Gasteiger partial charge on any atom is -0.380 e. The van der Waals surface area contributed by atoms with E-state index in [4.69, 9.17) is 4.74 Å². The second kappa shape index (κ2) is 5.51. The molecule has 0 bridgehead atoms. The molecule has 0 aliphatic rings. The fraction of sp³-hybridized carbons (Fsp3) is 1.00. The van der Waals surface area contributed by atoms with E-state index in [-0.39, 0.29) is 12.4 Å². The van der Waals surface area contributed by atoms with Crippen LogP contribution in [0.5, 0.6) is 0 Å². The van der Waals surface area contributed by atoms with Crippen LogP contribution in [-0.2, 0) is 14.8 Å². The summed E-state index contributed by atoms with van der Waals surface area (Å²) >= 11 is 0. The molecule has 0 unspecified atom stereocenters. The molecule has 0 aromatic rings. The molecule has 0 fully saturated rings. The van der Waals surface area contributed by atoms with E-state index in [1.54, 1.807) is 0 Å². The van der Waals surface area contributed by atoms with Gasteiger partial charge in [-0.15, -0.1) is 0 Å². The first kappa shape index (κ1) is 10.9. The lowest BCUT2D eigenvalue weighted by molar-refractivity contribution is 0.149. The molecule has 11 heavy (non-hydrogen) atoms. The van der Waals surface area contributed by atoms with Crippen LogP contribution in [0.25, 0.3) is 0 Å². The third kappa shape index (κ3) is 6.28. The smallest absolute Gasteiger partial charge is 0.213 e. The van der Waals surface area contributed by atoms with Crippen molar-refractivity contribution in [3.05, 3.63) is 0 Å². The Bertz CT molecular complexity index is 176. The van der Waals surface area contributed by atoms with Crippen molar-refractivity contribution >= 4 is 10.0 Å². The number of rotatable bonds is 6. The van der Waals surface area contributed by atoms with Crippen molar-refractivity contribution in [2.75, 3.05) is 26.0 Å². The first-order chi connectivity index (χ1) is 5.12. The van der Waals surface area contributed by atoms with E-state index < -0.39 is 10.0 Å². The Morgan fingerprint density at radius 3 is 2.45 bits per heavy atom. The van der Waals surface area contributed by atoms with Gasteiger partial charge >= 0.3 is 0 Å². The van der Waals surface area contributed by atoms with Crippen LogP contribution in [0.1, 0.15) is 13.3 Å². The monoisotopic (exact) mass is 181 g/mol. The van der Waals surface area contributed by atoms with Crippen LogP contribution in [-0.4, -0.2) is 34.4 Å². The van der Waals surface area contributed by atoms with E-state index in [1.807, 2.05) is 6.92 Å². The Balaban J connectivity index is 3.39. The van der Waals surface area contributed by atoms with Crippen molar-refractivity contribution in [2.45, 2.75) is 13.3 Å². The number of nitrogens with one attached hydrogen (secondary N) is 1. The zero-order valence-corrected chi connectivity index (χ0v) is 7.78. The van der Waals surface area contributed by atoms with Gasteiger partial charge in [0.05, 0.1) is 12.4 Å². The zero-order valence-electron chi connectivity index (χ0n) is 6.96. The number of hydrogen-bond donors (Lipinski definition) is 1. The van der Waals surface area contributed by atoms with E-state index in [0.717, 1.165) is 6.42 Å². The van der Waals surface area contributed by atoms with Gasteiger partial charge in [0, 0.05) is 6.61 Å². The highest BCUT2D eigenvalue weighted by molar-refractivity contribution is 7.89. The fourth-order valence-corrected chi connectivity index (χ4v) is 1.06. The van der Waals surface area contributed by atoms with Crippen LogP contribution < -0.4 is 4.72 Å². The fourth-order valence-electron chi connectivity index (χ4n) is 0.517. The van der Waals surface area contributed by atoms with Crippen LogP contribution >= 0.6 is 0 Å². The maximum Gasteiger partial charge on any atom is 0.213 e. The highest BCUT2D eigenvalue weighted by Crippen LogP contribution is 1.85. The number of hydrogen-bond acceptors (Lipinski definition) is 3. The standard InChI is InChI=1S/C6H15NO3S/c1-3-4-10-5-6-11(8,9)7-2/h7H,3-6H2,1-2H3. The second-order valence-corrected chi connectivity index (χ2v) is 4.18. The molecule has 0 spiro atoms. The van der Waals surface area contributed by atoms with Gasteiger partial charge in [-0.25, -0.2) is 13.1 Å². The average Bonchev–Trinajstić information content (AvgIpc) is 1.99. The zero-order chi connectivity index (χ0) is 8.74. The van der Waals surface area contributed by atoms with Gasteiger partial charge in [0.2, 0.25) is 10.0 Å². The Hall–Kier alpha value is -0.130. The maximum atomic E-state index is 10.8. The number of sulfonamides is 1. The number of ether oxygens (including phenoxy) is 1. The molecule has 0 atom stereocenters. The van der Waals surface area contributed by atoms with Crippen molar-refractivity contribution in [1.82, 2.24) is 4.72 Å². The third-order valence-corrected chi connectivity index (χ3v) is 2.48. The molecule has 0 radical (unpaired) electrons. The van der Waals surface area contributed by atoms with Crippen molar-refractivity contribution < 1.29 is 13.2 Å². The molecule has 0 rings (SSSR count). The molecular weight excluding hydrogens is 166 g/mol. The summed E-state index contributed by atoms with van der Waals surface area (Å²) in [7, 11) is -1.68. The lowest BCUT2D eigenvalue weighted by Gasteiger charge is -2.02. The topological polar surface area (TPSA) is 55.4 Å². The average molecular weight is 181 g/mol. The Morgan fingerprint density at radius 2 is 2.00 bits per heavy atom. The summed E-state index contributed by atoms with van der Waals surface area (Å²) < 4.78 is 28.8. The van der Waals surface area contributed by atoms with E-state index in [9.17, 15) is 8.42 Å². The molecule has 4 nitrogen and oxygen atoms in total. The van der Waals surface area contributed by atoms with E-state index in [2.05, 4.69) is 4.72 Å². The molecule has 0 heterocycles. The lowest BCUT2D eigenvalue weighted by atomic mass is 10.5. The lowest BCUT2D eigenvalue weighted by Crippen LogP contribution is -2.24. The van der Waals surface area contributed by atoms with Gasteiger partial charge in [-0.2, -0.15) is 0 Å². The highest BCUT2D eigenvalue weighted by Gasteiger charge is 2.04.